The predicted molar refractivity (Wildman–Crippen MR) is 103 cm³/mol. The SMILES string of the molecule is C.CCC=O.CCOCCOCCOCCOC[C@H]1OCC(C)[C@@H](O)[C@H]1O. The molecule has 1 aliphatic heterocycles. The molecule has 0 spiro atoms. The molecule has 164 valence electrons. The second-order valence-corrected chi connectivity index (χ2v) is 5.90. The van der Waals surface area contributed by atoms with E-state index in [-0.39, 0.29) is 20.0 Å². The van der Waals surface area contributed by atoms with Crippen LogP contribution < -0.4 is 0 Å². The average molecular weight is 397 g/mol. The molecule has 1 rings (SSSR count). The van der Waals surface area contributed by atoms with Crippen LogP contribution in [0, 0.1) is 5.92 Å². The van der Waals surface area contributed by atoms with Gasteiger partial charge < -0.3 is 38.7 Å². The molecular formula is C19H40O8. The first-order valence-electron chi connectivity index (χ1n) is 9.30. The fourth-order valence-electron chi connectivity index (χ4n) is 2.08. The Balaban J connectivity index is 0. The zero-order valence-corrected chi connectivity index (χ0v) is 16.3. The van der Waals surface area contributed by atoms with Crippen LogP contribution in [-0.4, -0.2) is 94.3 Å². The van der Waals surface area contributed by atoms with Crippen molar-refractivity contribution in [1.82, 2.24) is 0 Å². The molecule has 0 aromatic heterocycles. The fraction of sp³-hybridized carbons (Fsp3) is 0.947. The van der Waals surface area contributed by atoms with Gasteiger partial charge in [0.05, 0.1) is 59.0 Å². The van der Waals surface area contributed by atoms with E-state index in [1.807, 2.05) is 20.8 Å². The molecule has 2 N–H and O–H groups in total. The summed E-state index contributed by atoms with van der Waals surface area (Å²) in [6, 6.07) is 0. The van der Waals surface area contributed by atoms with Crippen molar-refractivity contribution >= 4 is 6.29 Å². The van der Waals surface area contributed by atoms with Gasteiger partial charge in [0.1, 0.15) is 18.5 Å². The van der Waals surface area contributed by atoms with E-state index in [0.29, 0.717) is 59.3 Å². The van der Waals surface area contributed by atoms with Gasteiger partial charge in [-0.05, 0) is 6.92 Å². The minimum Gasteiger partial charge on any atom is -0.390 e. The third-order valence-electron chi connectivity index (χ3n) is 3.66. The quantitative estimate of drug-likeness (QED) is 0.352. The fourth-order valence-corrected chi connectivity index (χ4v) is 2.08. The van der Waals surface area contributed by atoms with Crippen molar-refractivity contribution in [2.75, 3.05) is 59.5 Å². The van der Waals surface area contributed by atoms with E-state index in [9.17, 15) is 15.0 Å². The molecule has 0 saturated carbocycles. The number of aliphatic hydroxyl groups is 2. The van der Waals surface area contributed by atoms with Crippen molar-refractivity contribution in [2.24, 2.45) is 5.92 Å². The summed E-state index contributed by atoms with van der Waals surface area (Å²) in [5, 5.41) is 19.6. The molecule has 0 bridgehead atoms. The molecule has 0 aliphatic carbocycles. The maximum Gasteiger partial charge on any atom is 0.119 e. The lowest BCUT2D eigenvalue weighted by Gasteiger charge is -2.35. The highest BCUT2D eigenvalue weighted by molar-refractivity contribution is 5.48. The smallest absolute Gasteiger partial charge is 0.119 e. The lowest BCUT2D eigenvalue weighted by molar-refractivity contribution is -0.177. The van der Waals surface area contributed by atoms with Crippen LogP contribution in [0.15, 0.2) is 0 Å². The molecule has 0 aromatic rings. The minimum atomic E-state index is -0.900. The number of aliphatic hydroxyl groups excluding tert-OH is 2. The summed E-state index contributed by atoms with van der Waals surface area (Å²) in [4.78, 5) is 9.17. The van der Waals surface area contributed by atoms with Crippen molar-refractivity contribution in [2.45, 2.75) is 52.9 Å². The molecule has 8 nitrogen and oxygen atoms in total. The molecule has 8 heteroatoms. The zero-order valence-electron chi connectivity index (χ0n) is 16.3. The Hall–Kier alpha value is -0.610. The lowest BCUT2D eigenvalue weighted by Crippen LogP contribution is -2.51. The van der Waals surface area contributed by atoms with Gasteiger partial charge >= 0.3 is 0 Å². The first kappa shape index (κ1) is 28.6. The van der Waals surface area contributed by atoms with Crippen LogP contribution in [0.4, 0.5) is 0 Å². The summed E-state index contributed by atoms with van der Waals surface area (Å²) >= 11 is 0. The van der Waals surface area contributed by atoms with Crippen LogP contribution >= 0.6 is 0 Å². The van der Waals surface area contributed by atoms with E-state index in [4.69, 9.17) is 23.7 Å². The van der Waals surface area contributed by atoms with Crippen LogP contribution in [0.25, 0.3) is 0 Å². The summed E-state index contributed by atoms with van der Waals surface area (Å²) in [5.41, 5.74) is 0. The summed E-state index contributed by atoms with van der Waals surface area (Å²) in [5.74, 6) is -0.0580. The number of hydrogen-bond acceptors (Lipinski definition) is 8. The molecule has 27 heavy (non-hydrogen) atoms. The Morgan fingerprint density at radius 3 is 1.89 bits per heavy atom. The molecule has 1 saturated heterocycles. The third-order valence-corrected chi connectivity index (χ3v) is 3.66. The van der Waals surface area contributed by atoms with Gasteiger partial charge in [-0.25, -0.2) is 0 Å². The van der Waals surface area contributed by atoms with E-state index < -0.39 is 18.3 Å². The highest BCUT2D eigenvalue weighted by Gasteiger charge is 2.36. The van der Waals surface area contributed by atoms with E-state index in [2.05, 4.69) is 0 Å². The summed E-state index contributed by atoms with van der Waals surface area (Å²) in [6.45, 7) is 10.1. The maximum atomic E-state index is 9.86. The Morgan fingerprint density at radius 1 is 0.926 bits per heavy atom. The molecular weight excluding hydrogens is 356 g/mol. The van der Waals surface area contributed by atoms with Crippen LogP contribution in [0.5, 0.6) is 0 Å². The number of aldehydes is 1. The standard InChI is InChI=1S/C15H30O7.C3H6O.CH4/c1-3-18-4-5-19-6-7-20-8-9-21-11-13-15(17)14(16)12(2)10-22-13;1-2-3-4;/h12-17H,3-11H2,1-2H3;3H,2H2,1H3;1H4/t12?,13-,14-,15+;;/m1../s1. The number of carbonyl (C=O) groups is 1. The number of ether oxygens (including phenoxy) is 5. The van der Waals surface area contributed by atoms with Gasteiger partial charge in [-0.2, -0.15) is 0 Å². The Labute approximate surface area is 164 Å². The van der Waals surface area contributed by atoms with Gasteiger partial charge in [-0.15, -0.1) is 0 Å². The normalized spacial score (nSPS) is 24.5. The van der Waals surface area contributed by atoms with E-state index >= 15 is 0 Å². The molecule has 0 aromatic carbocycles. The summed E-state index contributed by atoms with van der Waals surface area (Å²) < 4.78 is 26.7. The Kier molecular flexibility index (Phi) is 21.3. The van der Waals surface area contributed by atoms with Crippen molar-refractivity contribution in [3.8, 4) is 0 Å². The second kappa shape index (κ2) is 20.1. The number of hydrogen-bond donors (Lipinski definition) is 2. The number of carbonyl (C=O) groups excluding carboxylic acids is 1. The molecule has 1 fully saturated rings. The van der Waals surface area contributed by atoms with Crippen molar-refractivity contribution in [3.05, 3.63) is 0 Å². The molecule has 1 aliphatic rings. The van der Waals surface area contributed by atoms with Gasteiger partial charge in [0.2, 0.25) is 0 Å². The predicted octanol–water partition coefficient (Wildman–Crippen LogP) is 1.06. The largest absolute Gasteiger partial charge is 0.390 e. The van der Waals surface area contributed by atoms with Gasteiger partial charge in [0, 0.05) is 18.9 Å². The van der Waals surface area contributed by atoms with Gasteiger partial charge in [-0.3, -0.25) is 0 Å². The first-order chi connectivity index (χ1) is 12.6. The molecule has 1 heterocycles. The highest BCUT2D eigenvalue weighted by atomic mass is 16.6. The van der Waals surface area contributed by atoms with Crippen molar-refractivity contribution < 1.29 is 38.7 Å². The average Bonchev–Trinajstić information content (AvgIpc) is 2.66. The topological polar surface area (TPSA) is 104 Å². The highest BCUT2D eigenvalue weighted by Crippen LogP contribution is 2.20. The van der Waals surface area contributed by atoms with Crippen molar-refractivity contribution in [1.29, 1.82) is 0 Å². The van der Waals surface area contributed by atoms with E-state index in [1.165, 1.54) is 0 Å². The Bertz CT molecular complexity index is 316. The zero-order chi connectivity index (χ0) is 19.6. The van der Waals surface area contributed by atoms with Crippen LogP contribution in [-0.2, 0) is 28.5 Å². The molecule has 0 amide bonds. The lowest BCUT2D eigenvalue weighted by atomic mass is 9.94. The second-order valence-electron chi connectivity index (χ2n) is 5.90. The summed E-state index contributed by atoms with van der Waals surface area (Å²) in [7, 11) is 0. The molecule has 1 unspecified atom stereocenters. The summed E-state index contributed by atoms with van der Waals surface area (Å²) in [6.07, 6.45) is -0.621. The van der Waals surface area contributed by atoms with Gasteiger partial charge in [0.25, 0.3) is 0 Å². The molecule has 4 atom stereocenters. The van der Waals surface area contributed by atoms with E-state index in [0.717, 1.165) is 6.29 Å². The van der Waals surface area contributed by atoms with Crippen LogP contribution in [0.2, 0.25) is 0 Å². The Morgan fingerprint density at radius 2 is 1.41 bits per heavy atom. The number of rotatable bonds is 13. The van der Waals surface area contributed by atoms with Crippen molar-refractivity contribution in [3.63, 3.8) is 0 Å². The maximum absolute atomic E-state index is 9.86. The van der Waals surface area contributed by atoms with Crippen LogP contribution in [0.3, 0.4) is 0 Å². The van der Waals surface area contributed by atoms with Gasteiger partial charge in [-0.1, -0.05) is 21.3 Å². The van der Waals surface area contributed by atoms with E-state index in [1.54, 1.807) is 0 Å². The van der Waals surface area contributed by atoms with Gasteiger partial charge in [0.15, 0.2) is 0 Å². The minimum absolute atomic E-state index is 0. The first-order valence-corrected chi connectivity index (χ1v) is 9.30. The molecule has 0 radical (unpaired) electrons. The van der Waals surface area contributed by atoms with Crippen LogP contribution in [0.1, 0.15) is 34.6 Å². The third kappa shape index (κ3) is 15.0. The monoisotopic (exact) mass is 396 g/mol.